The van der Waals surface area contributed by atoms with E-state index in [4.69, 9.17) is 0 Å². The van der Waals surface area contributed by atoms with Gasteiger partial charge in [-0.15, -0.1) is 5.10 Å². The van der Waals surface area contributed by atoms with Crippen LogP contribution >= 0.6 is 11.8 Å². The SMILES string of the molecule is Cc1cc(C)c(C(=O)CSc2nnnn2-c2ccc(O)cc2)c(C)c1C. The first-order valence-corrected chi connectivity index (χ1v) is 9.18. The summed E-state index contributed by atoms with van der Waals surface area (Å²) in [6.45, 7) is 8.06. The van der Waals surface area contributed by atoms with Crippen molar-refractivity contribution in [2.24, 2.45) is 0 Å². The number of hydrogen-bond donors (Lipinski definition) is 1. The van der Waals surface area contributed by atoms with Crippen LogP contribution in [0.3, 0.4) is 0 Å². The molecule has 6 nitrogen and oxygen atoms in total. The van der Waals surface area contributed by atoms with Crippen molar-refractivity contribution in [3.63, 3.8) is 0 Å². The van der Waals surface area contributed by atoms with Gasteiger partial charge in [-0.25, -0.2) is 0 Å². The van der Waals surface area contributed by atoms with Crippen molar-refractivity contribution in [2.45, 2.75) is 32.9 Å². The summed E-state index contributed by atoms with van der Waals surface area (Å²) in [6.07, 6.45) is 0. The first-order valence-electron chi connectivity index (χ1n) is 8.19. The maximum Gasteiger partial charge on any atom is 0.214 e. The summed E-state index contributed by atoms with van der Waals surface area (Å²) in [4.78, 5) is 12.8. The summed E-state index contributed by atoms with van der Waals surface area (Å²) in [5, 5.41) is 21.6. The van der Waals surface area contributed by atoms with E-state index in [2.05, 4.69) is 28.5 Å². The number of thioether (sulfide) groups is 1. The molecule has 1 aromatic heterocycles. The lowest BCUT2D eigenvalue weighted by Crippen LogP contribution is -2.10. The van der Waals surface area contributed by atoms with Gasteiger partial charge in [-0.2, -0.15) is 4.68 Å². The van der Waals surface area contributed by atoms with Crippen LogP contribution in [-0.2, 0) is 0 Å². The molecular formula is C19H20N4O2S. The third kappa shape index (κ3) is 3.48. The number of ketones is 1. The molecule has 3 aromatic rings. The standard InChI is InChI=1S/C19H20N4O2S/c1-11-9-12(2)18(14(4)13(11)3)17(25)10-26-19-20-21-22-23(19)15-5-7-16(24)8-6-15/h5-9,24H,10H2,1-4H3. The number of tetrazole rings is 1. The number of carbonyl (C=O) groups is 1. The second-order valence-electron chi connectivity index (χ2n) is 6.24. The number of phenols is 1. The van der Waals surface area contributed by atoms with E-state index in [1.54, 1.807) is 28.9 Å². The lowest BCUT2D eigenvalue weighted by molar-refractivity contribution is 0.102. The minimum absolute atomic E-state index is 0.0633. The third-order valence-corrected chi connectivity index (χ3v) is 5.42. The molecule has 7 heteroatoms. The van der Waals surface area contributed by atoms with Crippen molar-refractivity contribution < 1.29 is 9.90 Å². The van der Waals surface area contributed by atoms with Crippen molar-refractivity contribution in [2.75, 3.05) is 5.75 Å². The molecule has 0 saturated heterocycles. The molecule has 26 heavy (non-hydrogen) atoms. The van der Waals surface area contributed by atoms with Crippen LogP contribution in [0, 0.1) is 27.7 Å². The molecule has 1 heterocycles. The van der Waals surface area contributed by atoms with E-state index in [-0.39, 0.29) is 17.3 Å². The molecule has 0 radical (unpaired) electrons. The van der Waals surface area contributed by atoms with Crippen molar-refractivity contribution in [1.82, 2.24) is 20.2 Å². The fraction of sp³-hybridized carbons (Fsp3) is 0.263. The Morgan fingerprint density at radius 3 is 2.46 bits per heavy atom. The van der Waals surface area contributed by atoms with Gasteiger partial charge in [-0.05, 0) is 84.6 Å². The van der Waals surface area contributed by atoms with E-state index in [0.717, 1.165) is 27.9 Å². The number of carbonyl (C=O) groups excluding carboxylic acids is 1. The largest absolute Gasteiger partial charge is 0.508 e. The summed E-state index contributed by atoms with van der Waals surface area (Å²) in [5.74, 6) is 0.489. The monoisotopic (exact) mass is 368 g/mol. The maximum absolute atomic E-state index is 12.8. The topological polar surface area (TPSA) is 80.9 Å². The molecule has 0 amide bonds. The zero-order chi connectivity index (χ0) is 18.8. The number of rotatable bonds is 5. The van der Waals surface area contributed by atoms with E-state index in [1.165, 1.54) is 17.3 Å². The molecule has 1 N–H and O–H groups in total. The number of hydrogen-bond acceptors (Lipinski definition) is 6. The Hall–Kier alpha value is -2.67. The van der Waals surface area contributed by atoms with Crippen molar-refractivity contribution in [3.8, 4) is 11.4 Å². The second-order valence-corrected chi connectivity index (χ2v) is 7.18. The van der Waals surface area contributed by atoms with Crippen molar-refractivity contribution in [3.05, 3.63) is 58.1 Å². The van der Waals surface area contributed by atoms with Crippen LogP contribution in [0.25, 0.3) is 5.69 Å². The van der Waals surface area contributed by atoms with E-state index in [0.29, 0.717) is 5.16 Å². The molecule has 3 rings (SSSR count). The summed E-state index contributed by atoms with van der Waals surface area (Å²) >= 11 is 1.30. The smallest absolute Gasteiger partial charge is 0.214 e. The van der Waals surface area contributed by atoms with E-state index < -0.39 is 0 Å². The van der Waals surface area contributed by atoms with Gasteiger partial charge in [-0.3, -0.25) is 4.79 Å². The van der Waals surface area contributed by atoms with Gasteiger partial charge in [0.25, 0.3) is 0 Å². The lowest BCUT2D eigenvalue weighted by Gasteiger charge is -2.14. The van der Waals surface area contributed by atoms with Crippen LogP contribution in [0.1, 0.15) is 32.6 Å². The number of benzene rings is 2. The van der Waals surface area contributed by atoms with Gasteiger partial charge >= 0.3 is 0 Å². The molecule has 0 aliphatic heterocycles. The predicted octanol–water partition coefficient (Wildman–Crippen LogP) is 3.58. The number of aryl methyl sites for hydroxylation is 2. The fourth-order valence-electron chi connectivity index (χ4n) is 2.94. The number of aromatic hydroxyl groups is 1. The molecule has 0 fully saturated rings. The van der Waals surface area contributed by atoms with Gasteiger partial charge in [0.1, 0.15) is 5.75 Å². The maximum atomic E-state index is 12.8. The van der Waals surface area contributed by atoms with Crippen LogP contribution in [0.2, 0.25) is 0 Å². The highest BCUT2D eigenvalue weighted by atomic mass is 32.2. The molecule has 0 atom stereocenters. The average Bonchev–Trinajstić information content (AvgIpc) is 3.07. The Morgan fingerprint density at radius 2 is 1.77 bits per heavy atom. The van der Waals surface area contributed by atoms with Crippen LogP contribution in [0.5, 0.6) is 5.75 Å². The zero-order valence-electron chi connectivity index (χ0n) is 15.1. The van der Waals surface area contributed by atoms with Gasteiger partial charge in [-0.1, -0.05) is 17.8 Å². The number of aromatic nitrogens is 4. The molecule has 0 bridgehead atoms. The van der Waals surface area contributed by atoms with Gasteiger partial charge < -0.3 is 5.11 Å². The first kappa shape index (κ1) is 18.1. The summed E-state index contributed by atoms with van der Waals surface area (Å²) in [6, 6.07) is 8.63. The molecule has 0 aliphatic carbocycles. The highest BCUT2D eigenvalue weighted by Crippen LogP contribution is 2.25. The summed E-state index contributed by atoms with van der Waals surface area (Å²) < 4.78 is 1.55. The van der Waals surface area contributed by atoms with Crippen LogP contribution in [0.4, 0.5) is 0 Å². The predicted molar refractivity (Wildman–Crippen MR) is 101 cm³/mol. The van der Waals surface area contributed by atoms with Gasteiger partial charge in [0, 0.05) is 5.56 Å². The number of Topliss-reactive ketones (excluding diaryl/α,β-unsaturated/α-hetero) is 1. The van der Waals surface area contributed by atoms with E-state index in [1.807, 2.05) is 20.8 Å². The van der Waals surface area contributed by atoms with Crippen LogP contribution < -0.4 is 0 Å². The Kier molecular flexibility index (Phi) is 5.08. The average molecular weight is 368 g/mol. The normalized spacial score (nSPS) is 10.9. The highest BCUT2D eigenvalue weighted by molar-refractivity contribution is 7.99. The quantitative estimate of drug-likeness (QED) is 0.548. The lowest BCUT2D eigenvalue weighted by atomic mass is 9.92. The van der Waals surface area contributed by atoms with Crippen molar-refractivity contribution >= 4 is 17.5 Å². The molecule has 0 saturated carbocycles. The minimum atomic E-state index is 0.0633. The molecule has 2 aromatic carbocycles. The molecule has 0 unspecified atom stereocenters. The van der Waals surface area contributed by atoms with Gasteiger partial charge in [0.2, 0.25) is 5.16 Å². The number of nitrogens with zero attached hydrogens (tertiary/aromatic N) is 4. The van der Waals surface area contributed by atoms with Crippen molar-refractivity contribution in [1.29, 1.82) is 0 Å². The van der Waals surface area contributed by atoms with Gasteiger partial charge in [0.15, 0.2) is 5.78 Å². The van der Waals surface area contributed by atoms with Gasteiger partial charge in [0.05, 0.1) is 11.4 Å². The molecule has 0 spiro atoms. The highest BCUT2D eigenvalue weighted by Gasteiger charge is 2.17. The summed E-state index contributed by atoms with van der Waals surface area (Å²) in [5.41, 5.74) is 5.88. The molecule has 0 aliphatic rings. The summed E-state index contributed by atoms with van der Waals surface area (Å²) in [7, 11) is 0. The fourth-order valence-corrected chi connectivity index (χ4v) is 3.70. The van der Waals surface area contributed by atoms with E-state index >= 15 is 0 Å². The van der Waals surface area contributed by atoms with Crippen LogP contribution in [-0.4, -0.2) is 36.8 Å². The van der Waals surface area contributed by atoms with Crippen LogP contribution in [0.15, 0.2) is 35.5 Å². The Labute approximate surface area is 156 Å². The molecular weight excluding hydrogens is 348 g/mol. The minimum Gasteiger partial charge on any atom is -0.508 e. The zero-order valence-corrected chi connectivity index (χ0v) is 16.0. The van der Waals surface area contributed by atoms with E-state index in [9.17, 15) is 9.90 Å². The first-order chi connectivity index (χ1) is 12.4. The Balaban J connectivity index is 1.81. The Morgan fingerprint density at radius 1 is 1.08 bits per heavy atom. The second kappa shape index (κ2) is 7.29. The number of phenolic OH excluding ortho intramolecular Hbond substituents is 1. The Bertz CT molecular complexity index is 964. The third-order valence-electron chi connectivity index (χ3n) is 4.50. The molecule has 134 valence electrons.